The highest BCUT2D eigenvalue weighted by molar-refractivity contribution is 7.87. The molecule has 6 nitrogen and oxygen atoms in total. The molecule has 0 saturated carbocycles. The smallest absolute Gasteiger partial charge is 0.303 e. The van der Waals surface area contributed by atoms with E-state index in [1.807, 2.05) is 13.8 Å². The van der Waals surface area contributed by atoms with E-state index >= 15 is 0 Å². The topological polar surface area (TPSA) is 95.5 Å². The van der Waals surface area contributed by atoms with Crippen LogP contribution in [0.15, 0.2) is 0 Å². The van der Waals surface area contributed by atoms with Crippen LogP contribution in [0.1, 0.15) is 47.0 Å². The van der Waals surface area contributed by atoms with Crippen LogP contribution in [0.4, 0.5) is 0 Å². The highest BCUT2D eigenvalue weighted by Crippen LogP contribution is 2.20. The van der Waals surface area contributed by atoms with Crippen LogP contribution in [0.2, 0.25) is 0 Å². The molecule has 0 rings (SSSR count). The molecule has 7 heteroatoms. The summed E-state index contributed by atoms with van der Waals surface area (Å²) in [6, 6.07) is -0.148. The van der Waals surface area contributed by atoms with Gasteiger partial charge in [0.1, 0.15) is 0 Å². The molecule has 0 aliphatic rings. The predicted molar refractivity (Wildman–Crippen MR) is 75.0 cm³/mol. The summed E-state index contributed by atoms with van der Waals surface area (Å²) in [5, 5.41) is 8.68. The quantitative estimate of drug-likeness (QED) is 0.566. The first-order valence-electron chi connectivity index (χ1n) is 6.62. The molecule has 0 aromatic carbocycles. The van der Waals surface area contributed by atoms with E-state index in [9.17, 15) is 13.2 Å². The monoisotopic (exact) mass is 294 g/mol. The second kappa shape index (κ2) is 8.50. The fourth-order valence-electron chi connectivity index (χ4n) is 1.85. The normalized spacial score (nSPS) is 14.0. The van der Waals surface area contributed by atoms with Gasteiger partial charge in [-0.1, -0.05) is 13.8 Å². The minimum absolute atomic E-state index is 0.125. The van der Waals surface area contributed by atoms with Crippen molar-refractivity contribution in [3.05, 3.63) is 0 Å². The second-order valence-electron chi connectivity index (χ2n) is 5.40. The van der Waals surface area contributed by atoms with Crippen LogP contribution in [0.3, 0.4) is 0 Å². The van der Waals surface area contributed by atoms with Gasteiger partial charge in [0, 0.05) is 19.0 Å². The van der Waals surface area contributed by atoms with Crippen LogP contribution < -0.4 is 9.44 Å². The summed E-state index contributed by atoms with van der Waals surface area (Å²) < 4.78 is 28.0. The van der Waals surface area contributed by atoms with Crippen LogP contribution in [-0.4, -0.2) is 32.1 Å². The first-order valence-corrected chi connectivity index (χ1v) is 8.11. The lowest BCUT2D eigenvalue weighted by atomic mass is 9.88. The van der Waals surface area contributed by atoms with Crippen molar-refractivity contribution in [3.63, 3.8) is 0 Å². The van der Waals surface area contributed by atoms with Crippen LogP contribution in [0.25, 0.3) is 0 Å². The number of carbonyl (C=O) groups is 1. The van der Waals surface area contributed by atoms with Gasteiger partial charge in [-0.3, -0.25) is 4.79 Å². The van der Waals surface area contributed by atoms with E-state index in [0.29, 0.717) is 25.3 Å². The molecular weight excluding hydrogens is 268 g/mol. The third kappa shape index (κ3) is 9.86. The Morgan fingerprint density at radius 1 is 1.16 bits per heavy atom. The van der Waals surface area contributed by atoms with E-state index in [2.05, 4.69) is 9.44 Å². The van der Waals surface area contributed by atoms with Gasteiger partial charge in [0.15, 0.2) is 0 Å². The Morgan fingerprint density at radius 2 is 1.74 bits per heavy atom. The molecule has 0 radical (unpaired) electrons. The largest absolute Gasteiger partial charge is 0.481 e. The molecule has 0 aliphatic carbocycles. The molecule has 0 amide bonds. The fraction of sp³-hybridized carbons (Fsp3) is 0.917. The molecule has 0 bridgehead atoms. The van der Waals surface area contributed by atoms with E-state index < -0.39 is 16.2 Å². The molecule has 0 spiro atoms. The van der Waals surface area contributed by atoms with E-state index in [4.69, 9.17) is 5.11 Å². The van der Waals surface area contributed by atoms with Crippen LogP contribution >= 0.6 is 0 Å². The Hall–Kier alpha value is -0.660. The molecule has 19 heavy (non-hydrogen) atoms. The zero-order valence-corrected chi connectivity index (χ0v) is 13.0. The highest BCUT2D eigenvalue weighted by Gasteiger charge is 2.17. The van der Waals surface area contributed by atoms with Gasteiger partial charge in [-0.2, -0.15) is 13.1 Å². The Bertz CT molecular complexity index is 366. The van der Waals surface area contributed by atoms with Crippen molar-refractivity contribution in [2.24, 2.45) is 11.8 Å². The molecule has 0 aromatic heterocycles. The van der Waals surface area contributed by atoms with Crippen LogP contribution in [0.5, 0.6) is 0 Å². The van der Waals surface area contributed by atoms with Crippen molar-refractivity contribution in [1.29, 1.82) is 0 Å². The average Bonchev–Trinajstić information content (AvgIpc) is 2.19. The van der Waals surface area contributed by atoms with Crippen molar-refractivity contribution in [1.82, 2.24) is 9.44 Å². The first-order chi connectivity index (χ1) is 8.64. The Balaban J connectivity index is 4.16. The van der Waals surface area contributed by atoms with Crippen molar-refractivity contribution >= 4 is 16.2 Å². The van der Waals surface area contributed by atoms with Crippen LogP contribution in [0, 0.1) is 11.8 Å². The summed E-state index contributed by atoms with van der Waals surface area (Å²) in [5.41, 5.74) is 0. The van der Waals surface area contributed by atoms with Crippen LogP contribution in [-0.2, 0) is 15.0 Å². The Kier molecular flexibility index (Phi) is 8.20. The number of hydrogen-bond donors (Lipinski definition) is 3. The summed E-state index contributed by atoms with van der Waals surface area (Å²) in [4.78, 5) is 10.6. The van der Waals surface area contributed by atoms with Crippen molar-refractivity contribution in [3.8, 4) is 0 Å². The Labute approximate surface area is 116 Å². The summed E-state index contributed by atoms with van der Waals surface area (Å²) in [6.07, 6.45) is 1.34. The standard InChI is InChI=1S/C12H26N2O4S/c1-9(2)11(5-6-12(15)16)7-8-13-19(17,18)14-10(3)4/h9-11,13-14H,5-8H2,1-4H3,(H,15,16). The van der Waals surface area contributed by atoms with E-state index in [0.717, 1.165) is 0 Å². The maximum Gasteiger partial charge on any atom is 0.303 e. The third-order valence-electron chi connectivity index (χ3n) is 2.87. The number of hydrogen-bond acceptors (Lipinski definition) is 3. The summed E-state index contributed by atoms with van der Waals surface area (Å²) in [7, 11) is -3.45. The number of aliphatic carboxylic acids is 1. The lowest BCUT2D eigenvalue weighted by Gasteiger charge is -2.20. The molecule has 0 fully saturated rings. The van der Waals surface area contributed by atoms with Gasteiger partial charge >= 0.3 is 5.97 Å². The molecule has 1 unspecified atom stereocenters. The zero-order valence-electron chi connectivity index (χ0n) is 12.1. The van der Waals surface area contributed by atoms with Gasteiger partial charge < -0.3 is 5.11 Å². The minimum Gasteiger partial charge on any atom is -0.481 e. The molecule has 3 N–H and O–H groups in total. The van der Waals surface area contributed by atoms with Crippen molar-refractivity contribution in [2.45, 2.75) is 53.0 Å². The SMILES string of the molecule is CC(C)NS(=O)(=O)NCCC(CCC(=O)O)C(C)C. The summed E-state index contributed by atoms with van der Waals surface area (Å²) in [6.45, 7) is 7.87. The lowest BCUT2D eigenvalue weighted by Crippen LogP contribution is -2.41. The zero-order chi connectivity index (χ0) is 15.1. The maximum atomic E-state index is 11.5. The molecule has 0 aromatic rings. The van der Waals surface area contributed by atoms with E-state index in [-0.39, 0.29) is 18.4 Å². The predicted octanol–water partition coefficient (Wildman–Crippen LogP) is 1.35. The minimum atomic E-state index is -3.45. The van der Waals surface area contributed by atoms with Crippen molar-refractivity contribution < 1.29 is 18.3 Å². The molecule has 1 atom stereocenters. The first kappa shape index (κ1) is 18.3. The molecule has 0 aliphatic heterocycles. The van der Waals surface area contributed by atoms with E-state index in [1.54, 1.807) is 13.8 Å². The van der Waals surface area contributed by atoms with Gasteiger partial charge in [-0.25, -0.2) is 4.72 Å². The van der Waals surface area contributed by atoms with Gasteiger partial charge in [-0.15, -0.1) is 0 Å². The highest BCUT2D eigenvalue weighted by atomic mass is 32.2. The van der Waals surface area contributed by atoms with Gasteiger partial charge in [0.2, 0.25) is 0 Å². The Morgan fingerprint density at radius 3 is 2.16 bits per heavy atom. The molecule has 114 valence electrons. The second-order valence-corrected chi connectivity index (χ2v) is 6.93. The number of carboxylic acids is 1. The molecular formula is C12H26N2O4S. The number of nitrogens with one attached hydrogen (secondary N) is 2. The van der Waals surface area contributed by atoms with Gasteiger partial charge in [-0.05, 0) is 38.5 Å². The summed E-state index contributed by atoms with van der Waals surface area (Å²) in [5.74, 6) is -0.271. The number of carboxylic acid groups (broad SMARTS) is 1. The van der Waals surface area contributed by atoms with Crippen molar-refractivity contribution in [2.75, 3.05) is 6.54 Å². The lowest BCUT2D eigenvalue weighted by molar-refractivity contribution is -0.137. The van der Waals surface area contributed by atoms with E-state index in [1.165, 1.54) is 0 Å². The maximum absolute atomic E-state index is 11.5. The molecule has 0 saturated heterocycles. The molecule has 0 heterocycles. The number of rotatable bonds is 10. The average molecular weight is 294 g/mol. The summed E-state index contributed by atoms with van der Waals surface area (Å²) >= 11 is 0. The third-order valence-corrected chi connectivity index (χ3v) is 4.24. The fourth-order valence-corrected chi connectivity index (χ4v) is 2.94. The van der Waals surface area contributed by atoms with Gasteiger partial charge in [0.05, 0.1) is 0 Å². The van der Waals surface area contributed by atoms with Gasteiger partial charge in [0.25, 0.3) is 10.2 Å².